The SMILES string of the molecule is Cc1ccc(F)c(-c2ccc(C#N)c(OC(F)F)c2)c1. The average molecular weight is 277 g/mol. The van der Waals surface area contributed by atoms with E-state index in [4.69, 9.17) is 5.26 Å². The summed E-state index contributed by atoms with van der Waals surface area (Å²) in [6.07, 6.45) is 0. The molecule has 0 aliphatic rings. The van der Waals surface area contributed by atoms with Gasteiger partial charge < -0.3 is 4.74 Å². The van der Waals surface area contributed by atoms with Crippen molar-refractivity contribution in [3.63, 3.8) is 0 Å². The Morgan fingerprint density at radius 3 is 2.55 bits per heavy atom. The van der Waals surface area contributed by atoms with Gasteiger partial charge in [0, 0.05) is 5.56 Å². The highest BCUT2D eigenvalue weighted by molar-refractivity contribution is 5.68. The Balaban J connectivity index is 2.53. The fraction of sp³-hybridized carbons (Fsp3) is 0.133. The van der Waals surface area contributed by atoms with Crippen LogP contribution in [0.1, 0.15) is 11.1 Å². The first-order valence-electron chi connectivity index (χ1n) is 5.76. The lowest BCUT2D eigenvalue weighted by Gasteiger charge is -2.10. The van der Waals surface area contributed by atoms with Crippen molar-refractivity contribution in [1.82, 2.24) is 0 Å². The average Bonchev–Trinajstić information content (AvgIpc) is 2.41. The van der Waals surface area contributed by atoms with Gasteiger partial charge in [-0.3, -0.25) is 0 Å². The Labute approximate surface area is 114 Å². The Morgan fingerprint density at radius 2 is 1.90 bits per heavy atom. The Bertz CT molecular complexity index is 677. The van der Waals surface area contributed by atoms with Crippen LogP contribution in [-0.2, 0) is 0 Å². The molecule has 2 rings (SSSR count). The quantitative estimate of drug-likeness (QED) is 0.839. The summed E-state index contributed by atoms with van der Waals surface area (Å²) in [5, 5.41) is 8.84. The zero-order valence-corrected chi connectivity index (χ0v) is 10.5. The summed E-state index contributed by atoms with van der Waals surface area (Å²) in [4.78, 5) is 0. The van der Waals surface area contributed by atoms with Crippen molar-refractivity contribution < 1.29 is 17.9 Å². The molecule has 5 heteroatoms. The molecule has 0 heterocycles. The minimum atomic E-state index is -3.04. The first kappa shape index (κ1) is 13.9. The van der Waals surface area contributed by atoms with Gasteiger partial charge in [-0.15, -0.1) is 0 Å². The highest BCUT2D eigenvalue weighted by Crippen LogP contribution is 2.30. The molecule has 0 N–H and O–H groups in total. The summed E-state index contributed by atoms with van der Waals surface area (Å²) in [6.45, 7) is -1.25. The van der Waals surface area contributed by atoms with Crippen LogP contribution < -0.4 is 4.74 Å². The number of halogens is 3. The van der Waals surface area contributed by atoms with Crippen LogP contribution in [-0.4, -0.2) is 6.61 Å². The smallest absolute Gasteiger partial charge is 0.387 e. The molecule has 0 aromatic heterocycles. The second-order valence-electron chi connectivity index (χ2n) is 4.18. The molecule has 2 aromatic rings. The predicted molar refractivity (Wildman–Crippen MR) is 67.9 cm³/mol. The van der Waals surface area contributed by atoms with Crippen molar-refractivity contribution in [3.05, 3.63) is 53.3 Å². The fourth-order valence-corrected chi connectivity index (χ4v) is 1.84. The molecule has 0 radical (unpaired) electrons. The van der Waals surface area contributed by atoms with E-state index in [1.807, 2.05) is 0 Å². The number of alkyl halides is 2. The molecule has 20 heavy (non-hydrogen) atoms. The van der Waals surface area contributed by atoms with Crippen molar-refractivity contribution in [1.29, 1.82) is 5.26 Å². The Hall–Kier alpha value is -2.48. The number of rotatable bonds is 3. The predicted octanol–water partition coefficient (Wildman–Crippen LogP) is 4.27. The van der Waals surface area contributed by atoms with Crippen LogP contribution in [0, 0.1) is 24.1 Å². The number of ether oxygens (including phenoxy) is 1. The molecule has 0 fully saturated rings. The number of nitrogens with zero attached hydrogens (tertiary/aromatic N) is 1. The number of benzene rings is 2. The third-order valence-corrected chi connectivity index (χ3v) is 2.75. The van der Waals surface area contributed by atoms with Gasteiger partial charge in [0.05, 0.1) is 5.56 Å². The molecule has 2 aromatic carbocycles. The summed E-state index contributed by atoms with van der Waals surface area (Å²) >= 11 is 0. The van der Waals surface area contributed by atoms with Gasteiger partial charge in [0.1, 0.15) is 17.6 Å². The maximum Gasteiger partial charge on any atom is 0.387 e. The van der Waals surface area contributed by atoms with E-state index in [1.54, 1.807) is 25.1 Å². The van der Waals surface area contributed by atoms with E-state index in [0.717, 1.165) is 5.56 Å². The maximum atomic E-state index is 13.8. The molecule has 0 atom stereocenters. The standard InChI is InChI=1S/C15H10F3NO/c1-9-2-5-13(16)12(6-9)10-3-4-11(8-19)14(7-10)20-15(17)18/h2-7,15H,1H3. The zero-order valence-electron chi connectivity index (χ0n) is 10.5. The van der Waals surface area contributed by atoms with Gasteiger partial charge in [-0.05, 0) is 36.8 Å². The summed E-state index contributed by atoms with van der Waals surface area (Å²) in [5.41, 5.74) is 1.46. The molecule has 0 aliphatic heterocycles. The molecule has 0 saturated carbocycles. The lowest BCUT2D eigenvalue weighted by molar-refractivity contribution is -0.0500. The van der Waals surface area contributed by atoms with E-state index >= 15 is 0 Å². The first-order chi connectivity index (χ1) is 9.51. The maximum absolute atomic E-state index is 13.8. The van der Waals surface area contributed by atoms with Gasteiger partial charge in [0.2, 0.25) is 0 Å². The number of aryl methyl sites for hydroxylation is 1. The van der Waals surface area contributed by atoms with E-state index < -0.39 is 12.4 Å². The van der Waals surface area contributed by atoms with E-state index in [2.05, 4.69) is 4.74 Å². The lowest BCUT2D eigenvalue weighted by Crippen LogP contribution is -2.03. The van der Waals surface area contributed by atoms with Crippen molar-refractivity contribution in [3.8, 4) is 22.9 Å². The molecule has 0 spiro atoms. The fourth-order valence-electron chi connectivity index (χ4n) is 1.84. The zero-order chi connectivity index (χ0) is 14.7. The summed E-state index contributed by atoms with van der Waals surface area (Å²) in [7, 11) is 0. The summed E-state index contributed by atoms with van der Waals surface area (Å²) in [6, 6.07) is 10.3. The minimum absolute atomic E-state index is 0.0258. The Morgan fingerprint density at radius 1 is 1.15 bits per heavy atom. The highest BCUT2D eigenvalue weighted by atomic mass is 19.3. The molecule has 0 amide bonds. The van der Waals surface area contributed by atoms with Crippen LogP contribution in [0.15, 0.2) is 36.4 Å². The van der Waals surface area contributed by atoms with E-state index in [1.165, 1.54) is 24.3 Å². The summed E-state index contributed by atoms with van der Waals surface area (Å²) < 4.78 is 42.7. The van der Waals surface area contributed by atoms with E-state index in [0.29, 0.717) is 5.56 Å². The van der Waals surface area contributed by atoms with Crippen LogP contribution in [0.3, 0.4) is 0 Å². The molecule has 0 saturated heterocycles. The number of hydrogen-bond donors (Lipinski definition) is 0. The normalized spacial score (nSPS) is 10.4. The largest absolute Gasteiger partial charge is 0.433 e. The second-order valence-corrected chi connectivity index (χ2v) is 4.18. The van der Waals surface area contributed by atoms with Gasteiger partial charge in [-0.2, -0.15) is 14.0 Å². The summed E-state index contributed by atoms with van der Waals surface area (Å²) in [5.74, 6) is -0.732. The van der Waals surface area contributed by atoms with Crippen LogP contribution in [0.25, 0.3) is 11.1 Å². The molecule has 0 aliphatic carbocycles. The van der Waals surface area contributed by atoms with Crippen molar-refractivity contribution in [2.75, 3.05) is 0 Å². The number of hydrogen-bond acceptors (Lipinski definition) is 2. The van der Waals surface area contributed by atoms with Crippen LogP contribution >= 0.6 is 0 Å². The first-order valence-corrected chi connectivity index (χ1v) is 5.76. The van der Waals surface area contributed by atoms with Gasteiger partial charge in [0.25, 0.3) is 0 Å². The van der Waals surface area contributed by atoms with Crippen LogP contribution in [0.5, 0.6) is 5.75 Å². The van der Waals surface area contributed by atoms with Gasteiger partial charge in [-0.25, -0.2) is 4.39 Å². The van der Waals surface area contributed by atoms with Crippen molar-refractivity contribution in [2.45, 2.75) is 13.5 Å². The van der Waals surface area contributed by atoms with E-state index in [9.17, 15) is 13.2 Å². The Kier molecular flexibility index (Phi) is 3.94. The molecular formula is C15H10F3NO. The minimum Gasteiger partial charge on any atom is -0.433 e. The molecular weight excluding hydrogens is 267 g/mol. The number of nitriles is 1. The lowest BCUT2D eigenvalue weighted by atomic mass is 10.0. The second kappa shape index (κ2) is 5.66. The monoisotopic (exact) mass is 277 g/mol. The van der Waals surface area contributed by atoms with Gasteiger partial charge in [-0.1, -0.05) is 17.7 Å². The molecule has 2 nitrogen and oxygen atoms in total. The van der Waals surface area contributed by atoms with Gasteiger partial charge in [0.15, 0.2) is 0 Å². The highest BCUT2D eigenvalue weighted by Gasteiger charge is 2.13. The van der Waals surface area contributed by atoms with Crippen LogP contribution in [0.2, 0.25) is 0 Å². The molecule has 102 valence electrons. The van der Waals surface area contributed by atoms with E-state index in [-0.39, 0.29) is 16.9 Å². The van der Waals surface area contributed by atoms with Gasteiger partial charge >= 0.3 is 6.61 Å². The molecule has 0 bridgehead atoms. The topological polar surface area (TPSA) is 33.0 Å². The molecule has 0 unspecified atom stereocenters. The van der Waals surface area contributed by atoms with Crippen molar-refractivity contribution >= 4 is 0 Å². The van der Waals surface area contributed by atoms with Crippen molar-refractivity contribution in [2.24, 2.45) is 0 Å². The third kappa shape index (κ3) is 2.91. The van der Waals surface area contributed by atoms with Crippen LogP contribution in [0.4, 0.5) is 13.2 Å². The third-order valence-electron chi connectivity index (χ3n) is 2.75.